The van der Waals surface area contributed by atoms with E-state index >= 15 is 0 Å². The maximum absolute atomic E-state index is 5.06. The summed E-state index contributed by atoms with van der Waals surface area (Å²) in [5.74, 6) is 0. The van der Waals surface area contributed by atoms with Crippen molar-refractivity contribution in [2.24, 2.45) is 5.10 Å². The third kappa shape index (κ3) is 5.14. The first-order valence-electron chi connectivity index (χ1n) is 5.86. The summed E-state index contributed by atoms with van der Waals surface area (Å²) >= 11 is 5.06. The quantitative estimate of drug-likeness (QED) is 0.495. The van der Waals surface area contributed by atoms with Crippen molar-refractivity contribution in [1.82, 2.24) is 10.7 Å². The first-order chi connectivity index (χ1) is 8.49. The number of benzene rings is 1. The molecular formula is C13H20N4S. The van der Waals surface area contributed by atoms with E-state index in [4.69, 9.17) is 12.2 Å². The van der Waals surface area contributed by atoms with Gasteiger partial charge >= 0.3 is 0 Å². The molecule has 0 radical (unpaired) electrons. The first-order valence-corrected chi connectivity index (χ1v) is 6.27. The van der Waals surface area contributed by atoms with E-state index in [9.17, 15) is 0 Å². The number of hydrogen-bond donors (Lipinski definition) is 2. The standard InChI is InChI=1S/C13H20N4S/c1-10(2)15-13(18)16-14-9-11-5-7-12(8-6-11)17(3)4/h5-10H,1-4H3,(H2,15,16,18)/b14-9-. The predicted molar refractivity (Wildman–Crippen MR) is 82.4 cm³/mol. The molecule has 0 atom stereocenters. The van der Waals surface area contributed by atoms with E-state index in [1.807, 2.05) is 52.2 Å². The second-order valence-corrected chi connectivity index (χ2v) is 4.89. The van der Waals surface area contributed by atoms with Crippen molar-refractivity contribution in [3.63, 3.8) is 0 Å². The lowest BCUT2D eigenvalue weighted by molar-refractivity contribution is 0.720. The summed E-state index contributed by atoms with van der Waals surface area (Å²) in [6.07, 6.45) is 1.74. The van der Waals surface area contributed by atoms with Gasteiger partial charge in [-0.25, -0.2) is 0 Å². The smallest absolute Gasteiger partial charge is 0.187 e. The molecule has 2 N–H and O–H groups in total. The molecule has 1 aromatic rings. The van der Waals surface area contributed by atoms with Gasteiger partial charge < -0.3 is 10.2 Å². The molecule has 0 aliphatic rings. The van der Waals surface area contributed by atoms with Crippen LogP contribution in [0.25, 0.3) is 0 Å². The lowest BCUT2D eigenvalue weighted by Crippen LogP contribution is -2.36. The minimum Gasteiger partial charge on any atom is -0.378 e. The molecule has 0 saturated carbocycles. The highest BCUT2D eigenvalue weighted by Gasteiger charge is 1.96. The normalized spacial score (nSPS) is 10.7. The summed E-state index contributed by atoms with van der Waals surface area (Å²) in [5.41, 5.74) is 4.97. The van der Waals surface area contributed by atoms with Gasteiger partial charge in [-0.1, -0.05) is 12.1 Å². The second kappa shape index (κ2) is 6.96. The van der Waals surface area contributed by atoms with Crippen molar-refractivity contribution in [3.05, 3.63) is 29.8 Å². The number of nitrogens with one attached hydrogen (secondary N) is 2. The Kier molecular flexibility index (Phi) is 5.58. The largest absolute Gasteiger partial charge is 0.378 e. The summed E-state index contributed by atoms with van der Waals surface area (Å²) in [7, 11) is 4.03. The van der Waals surface area contributed by atoms with Crippen LogP contribution in [0.2, 0.25) is 0 Å². The number of hydrogen-bond acceptors (Lipinski definition) is 3. The van der Waals surface area contributed by atoms with E-state index in [0.717, 1.165) is 11.3 Å². The van der Waals surface area contributed by atoms with E-state index in [0.29, 0.717) is 11.2 Å². The number of thiocarbonyl (C=S) groups is 1. The molecule has 0 unspecified atom stereocenters. The van der Waals surface area contributed by atoms with E-state index in [-0.39, 0.29) is 0 Å². The van der Waals surface area contributed by atoms with Crippen LogP contribution in [0.4, 0.5) is 5.69 Å². The number of nitrogens with zero attached hydrogens (tertiary/aromatic N) is 2. The van der Waals surface area contributed by atoms with Crippen molar-refractivity contribution in [3.8, 4) is 0 Å². The lowest BCUT2D eigenvalue weighted by Gasteiger charge is -2.11. The first kappa shape index (κ1) is 14.4. The lowest BCUT2D eigenvalue weighted by atomic mass is 10.2. The number of anilines is 1. The minimum atomic E-state index is 0.305. The Hall–Kier alpha value is -1.62. The molecule has 0 spiro atoms. The van der Waals surface area contributed by atoms with Crippen LogP contribution >= 0.6 is 12.2 Å². The third-order valence-electron chi connectivity index (χ3n) is 2.21. The average molecular weight is 264 g/mol. The van der Waals surface area contributed by atoms with Gasteiger partial charge in [-0.15, -0.1) is 0 Å². The molecule has 0 bridgehead atoms. The highest BCUT2D eigenvalue weighted by atomic mass is 32.1. The highest BCUT2D eigenvalue weighted by molar-refractivity contribution is 7.80. The fourth-order valence-electron chi connectivity index (χ4n) is 1.32. The molecule has 1 rings (SSSR count). The Morgan fingerprint density at radius 2 is 1.89 bits per heavy atom. The zero-order chi connectivity index (χ0) is 13.5. The molecule has 4 nitrogen and oxygen atoms in total. The van der Waals surface area contributed by atoms with Crippen molar-refractivity contribution in [2.75, 3.05) is 19.0 Å². The van der Waals surface area contributed by atoms with Gasteiger partial charge in [0.2, 0.25) is 0 Å². The van der Waals surface area contributed by atoms with Crippen LogP contribution in [0, 0.1) is 0 Å². The van der Waals surface area contributed by atoms with Crippen LogP contribution in [-0.4, -0.2) is 31.5 Å². The summed E-state index contributed by atoms with van der Waals surface area (Å²) < 4.78 is 0. The number of rotatable bonds is 4. The highest BCUT2D eigenvalue weighted by Crippen LogP contribution is 2.10. The molecule has 0 aliphatic carbocycles. The molecule has 98 valence electrons. The van der Waals surface area contributed by atoms with Crippen LogP contribution in [0.1, 0.15) is 19.4 Å². The van der Waals surface area contributed by atoms with Gasteiger partial charge in [0, 0.05) is 25.8 Å². The summed E-state index contributed by atoms with van der Waals surface area (Å²) in [4.78, 5) is 2.06. The summed E-state index contributed by atoms with van der Waals surface area (Å²) in [6, 6.07) is 8.43. The molecular weight excluding hydrogens is 244 g/mol. The zero-order valence-electron chi connectivity index (χ0n) is 11.3. The molecule has 0 saturated heterocycles. The van der Waals surface area contributed by atoms with Crippen LogP contribution in [0.5, 0.6) is 0 Å². The van der Waals surface area contributed by atoms with Crippen LogP contribution in [0.3, 0.4) is 0 Å². The Bertz CT molecular complexity index is 410. The van der Waals surface area contributed by atoms with Crippen molar-refractivity contribution >= 4 is 29.2 Å². The maximum Gasteiger partial charge on any atom is 0.187 e. The van der Waals surface area contributed by atoms with Gasteiger partial charge in [-0.2, -0.15) is 5.10 Å². The van der Waals surface area contributed by atoms with Crippen LogP contribution in [-0.2, 0) is 0 Å². The topological polar surface area (TPSA) is 39.7 Å². The molecule has 18 heavy (non-hydrogen) atoms. The SMILES string of the molecule is CC(C)NC(=S)N/N=C\c1ccc(N(C)C)cc1. The summed E-state index contributed by atoms with van der Waals surface area (Å²) in [5, 5.41) is 7.66. The predicted octanol–water partition coefficient (Wildman–Crippen LogP) is 1.96. The Morgan fingerprint density at radius 1 is 1.28 bits per heavy atom. The maximum atomic E-state index is 5.06. The molecule has 0 aliphatic heterocycles. The minimum absolute atomic E-state index is 0.305. The molecule has 1 aromatic carbocycles. The van der Waals surface area contributed by atoms with E-state index < -0.39 is 0 Å². The van der Waals surface area contributed by atoms with Crippen LogP contribution < -0.4 is 15.6 Å². The fraction of sp³-hybridized carbons (Fsp3) is 0.385. The molecule has 0 fully saturated rings. The number of hydrazone groups is 1. The van der Waals surface area contributed by atoms with E-state index in [1.54, 1.807) is 6.21 Å². The van der Waals surface area contributed by atoms with Gasteiger partial charge in [-0.05, 0) is 43.8 Å². The molecule has 5 heteroatoms. The molecule has 0 amide bonds. The van der Waals surface area contributed by atoms with Gasteiger partial charge in [0.1, 0.15) is 0 Å². The third-order valence-corrected chi connectivity index (χ3v) is 2.42. The van der Waals surface area contributed by atoms with Gasteiger partial charge in [0.05, 0.1) is 6.21 Å². The van der Waals surface area contributed by atoms with Gasteiger partial charge in [-0.3, -0.25) is 5.43 Å². The Balaban J connectivity index is 2.49. The monoisotopic (exact) mass is 264 g/mol. The van der Waals surface area contributed by atoms with Crippen molar-refractivity contribution < 1.29 is 0 Å². The molecule has 0 heterocycles. The fourth-order valence-corrected chi connectivity index (χ4v) is 1.61. The molecule has 0 aromatic heterocycles. The van der Waals surface area contributed by atoms with Gasteiger partial charge in [0.25, 0.3) is 0 Å². The zero-order valence-corrected chi connectivity index (χ0v) is 12.1. The van der Waals surface area contributed by atoms with Crippen molar-refractivity contribution in [1.29, 1.82) is 0 Å². The Morgan fingerprint density at radius 3 is 2.39 bits per heavy atom. The van der Waals surface area contributed by atoms with Gasteiger partial charge in [0.15, 0.2) is 5.11 Å². The van der Waals surface area contributed by atoms with Crippen molar-refractivity contribution in [2.45, 2.75) is 19.9 Å². The van der Waals surface area contributed by atoms with E-state index in [1.165, 1.54) is 0 Å². The average Bonchev–Trinajstić information content (AvgIpc) is 2.28. The van der Waals surface area contributed by atoms with Crippen LogP contribution in [0.15, 0.2) is 29.4 Å². The Labute approximate surface area is 114 Å². The van der Waals surface area contributed by atoms with E-state index in [2.05, 4.69) is 20.7 Å². The second-order valence-electron chi connectivity index (χ2n) is 4.48. The summed E-state index contributed by atoms with van der Waals surface area (Å²) in [6.45, 7) is 4.05.